The standard InChI is InChI=1S/C20H23NO3S/c1-23-19(22)17-13-18-16(7-12-25-18)20(24-17)8-10-21(11-9-20)14-15-5-3-2-4-6-15/h2-7,12,17H,8-11,13-14H2,1H3. The lowest BCUT2D eigenvalue weighted by molar-refractivity contribution is -0.180. The van der Waals surface area contributed by atoms with Crippen LogP contribution in [-0.2, 0) is 32.8 Å². The summed E-state index contributed by atoms with van der Waals surface area (Å²) < 4.78 is 11.3. The average molecular weight is 357 g/mol. The number of thiophene rings is 1. The van der Waals surface area contributed by atoms with Crippen molar-refractivity contribution >= 4 is 17.3 Å². The molecule has 1 aromatic carbocycles. The molecule has 25 heavy (non-hydrogen) atoms. The average Bonchev–Trinajstić information content (AvgIpc) is 3.13. The molecule has 1 aromatic heterocycles. The van der Waals surface area contributed by atoms with Crippen LogP contribution in [0.25, 0.3) is 0 Å². The Hall–Kier alpha value is -1.69. The van der Waals surface area contributed by atoms with Crippen molar-refractivity contribution in [1.82, 2.24) is 4.90 Å². The Morgan fingerprint density at radius 1 is 1.28 bits per heavy atom. The fourth-order valence-corrected chi connectivity index (χ4v) is 5.01. The molecule has 132 valence electrons. The van der Waals surface area contributed by atoms with E-state index in [1.165, 1.54) is 23.1 Å². The molecule has 0 radical (unpaired) electrons. The van der Waals surface area contributed by atoms with Crippen LogP contribution >= 0.6 is 11.3 Å². The van der Waals surface area contributed by atoms with Crippen molar-refractivity contribution < 1.29 is 14.3 Å². The van der Waals surface area contributed by atoms with Gasteiger partial charge in [-0.05, 0) is 35.4 Å². The monoisotopic (exact) mass is 357 g/mol. The first-order valence-corrected chi connectivity index (χ1v) is 9.67. The zero-order chi connectivity index (χ0) is 17.3. The largest absolute Gasteiger partial charge is 0.467 e. The van der Waals surface area contributed by atoms with Gasteiger partial charge in [-0.25, -0.2) is 4.79 Å². The lowest BCUT2D eigenvalue weighted by Gasteiger charge is -2.45. The van der Waals surface area contributed by atoms with E-state index in [0.717, 1.165) is 32.5 Å². The summed E-state index contributed by atoms with van der Waals surface area (Å²) in [6.45, 7) is 2.91. The summed E-state index contributed by atoms with van der Waals surface area (Å²) in [5.74, 6) is -0.259. The van der Waals surface area contributed by atoms with Crippen LogP contribution in [0.15, 0.2) is 41.8 Å². The highest BCUT2D eigenvalue weighted by molar-refractivity contribution is 7.10. The molecule has 0 saturated carbocycles. The van der Waals surface area contributed by atoms with Crippen molar-refractivity contribution in [3.05, 3.63) is 57.8 Å². The molecular weight excluding hydrogens is 334 g/mol. The normalized spacial score (nSPS) is 22.5. The molecule has 1 unspecified atom stereocenters. The SMILES string of the molecule is COC(=O)C1Cc2sccc2C2(CCN(Cc3ccccc3)CC2)O1. The fourth-order valence-electron chi connectivity index (χ4n) is 4.01. The summed E-state index contributed by atoms with van der Waals surface area (Å²) in [4.78, 5) is 15.8. The first kappa shape index (κ1) is 16.8. The number of rotatable bonds is 3. The van der Waals surface area contributed by atoms with Crippen LogP contribution in [0.5, 0.6) is 0 Å². The summed E-state index contributed by atoms with van der Waals surface area (Å²) in [5.41, 5.74) is 2.29. The van der Waals surface area contributed by atoms with Gasteiger partial charge in [-0.3, -0.25) is 4.90 Å². The number of piperidine rings is 1. The molecule has 2 aliphatic heterocycles. The van der Waals surface area contributed by atoms with Gasteiger partial charge in [-0.2, -0.15) is 0 Å². The van der Waals surface area contributed by atoms with Crippen molar-refractivity contribution in [1.29, 1.82) is 0 Å². The lowest BCUT2D eigenvalue weighted by atomic mass is 9.81. The van der Waals surface area contributed by atoms with Crippen molar-refractivity contribution in [3.8, 4) is 0 Å². The van der Waals surface area contributed by atoms with Gasteiger partial charge in [0.15, 0.2) is 6.10 Å². The van der Waals surface area contributed by atoms with E-state index in [0.29, 0.717) is 6.42 Å². The summed E-state index contributed by atoms with van der Waals surface area (Å²) >= 11 is 1.73. The number of methoxy groups -OCH3 is 1. The van der Waals surface area contributed by atoms with Crippen molar-refractivity contribution in [2.75, 3.05) is 20.2 Å². The van der Waals surface area contributed by atoms with Crippen LogP contribution in [0.4, 0.5) is 0 Å². The van der Waals surface area contributed by atoms with Gasteiger partial charge in [0, 0.05) is 30.9 Å². The van der Waals surface area contributed by atoms with Crippen LogP contribution in [0.1, 0.15) is 28.8 Å². The molecule has 1 spiro atoms. The first-order chi connectivity index (χ1) is 12.2. The summed E-state index contributed by atoms with van der Waals surface area (Å²) in [5, 5.41) is 2.12. The third-order valence-corrected chi connectivity index (χ3v) is 6.29. The minimum atomic E-state index is -0.475. The van der Waals surface area contributed by atoms with Crippen LogP contribution in [0.2, 0.25) is 0 Å². The minimum absolute atomic E-state index is 0.259. The number of hydrogen-bond acceptors (Lipinski definition) is 5. The maximum Gasteiger partial charge on any atom is 0.335 e. The van der Waals surface area contributed by atoms with Crippen LogP contribution in [0.3, 0.4) is 0 Å². The van der Waals surface area contributed by atoms with Gasteiger partial charge in [-0.15, -0.1) is 11.3 Å². The van der Waals surface area contributed by atoms with E-state index >= 15 is 0 Å². The second kappa shape index (κ2) is 6.90. The van der Waals surface area contributed by atoms with Crippen LogP contribution in [-0.4, -0.2) is 37.2 Å². The molecular formula is C20H23NO3S. The van der Waals surface area contributed by atoms with Gasteiger partial charge in [0.25, 0.3) is 0 Å². The molecule has 1 atom stereocenters. The van der Waals surface area contributed by atoms with Gasteiger partial charge in [0.2, 0.25) is 0 Å². The van der Waals surface area contributed by atoms with Crippen LogP contribution < -0.4 is 0 Å². The fraction of sp³-hybridized carbons (Fsp3) is 0.450. The second-order valence-corrected chi connectivity index (χ2v) is 7.85. The molecule has 5 heteroatoms. The first-order valence-electron chi connectivity index (χ1n) is 8.79. The number of carbonyl (C=O) groups is 1. The third-order valence-electron chi connectivity index (χ3n) is 5.35. The minimum Gasteiger partial charge on any atom is -0.467 e. The van der Waals surface area contributed by atoms with E-state index in [9.17, 15) is 4.79 Å². The number of ether oxygens (including phenoxy) is 2. The number of benzene rings is 1. The van der Waals surface area contributed by atoms with Gasteiger partial charge >= 0.3 is 5.97 Å². The zero-order valence-electron chi connectivity index (χ0n) is 14.4. The number of carbonyl (C=O) groups excluding carboxylic acids is 1. The van der Waals surface area contributed by atoms with E-state index in [1.807, 2.05) is 0 Å². The molecule has 0 N–H and O–H groups in total. The van der Waals surface area contributed by atoms with E-state index < -0.39 is 6.10 Å². The van der Waals surface area contributed by atoms with Gasteiger partial charge in [0.1, 0.15) is 0 Å². The molecule has 4 rings (SSSR count). The summed E-state index contributed by atoms with van der Waals surface area (Å²) in [7, 11) is 1.44. The zero-order valence-corrected chi connectivity index (χ0v) is 15.3. The van der Waals surface area contributed by atoms with Gasteiger partial charge in [-0.1, -0.05) is 30.3 Å². The Kier molecular flexibility index (Phi) is 4.63. The number of esters is 1. The van der Waals surface area contributed by atoms with Gasteiger partial charge < -0.3 is 9.47 Å². The maximum absolute atomic E-state index is 12.1. The number of likely N-dealkylation sites (tertiary alicyclic amines) is 1. The van der Waals surface area contributed by atoms with Crippen molar-refractivity contribution in [2.45, 2.75) is 37.5 Å². The molecule has 1 fully saturated rings. The van der Waals surface area contributed by atoms with Crippen LogP contribution in [0, 0.1) is 0 Å². The van der Waals surface area contributed by atoms with E-state index in [4.69, 9.17) is 9.47 Å². The van der Waals surface area contributed by atoms with Crippen molar-refractivity contribution in [3.63, 3.8) is 0 Å². The predicted octanol–water partition coefficient (Wildman–Crippen LogP) is 3.35. The topological polar surface area (TPSA) is 38.8 Å². The Morgan fingerprint density at radius 3 is 2.76 bits per heavy atom. The third kappa shape index (κ3) is 3.24. The summed E-state index contributed by atoms with van der Waals surface area (Å²) in [6.07, 6.45) is 1.99. The van der Waals surface area contributed by atoms with E-state index in [-0.39, 0.29) is 11.6 Å². The molecule has 1 saturated heterocycles. The maximum atomic E-state index is 12.1. The molecule has 2 aromatic rings. The number of hydrogen-bond donors (Lipinski definition) is 0. The molecule has 4 nitrogen and oxygen atoms in total. The van der Waals surface area contributed by atoms with E-state index in [2.05, 4.69) is 46.7 Å². The molecule has 0 bridgehead atoms. The van der Waals surface area contributed by atoms with Crippen molar-refractivity contribution in [2.24, 2.45) is 0 Å². The Bertz CT molecular complexity index is 734. The highest BCUT2D eigenvalue weighted by atomic mass is 32.1. The highest BCUT2D eigenvalue weighted by Gasteiger charge is 2.46. The van der Waals surface area contributed by atoms with E-state index in [1.54, 1.807) is 11.3 Å². The Balaban J connectivity index is 1.50. The molecule has 2 aliphatic rings. The lowest BCUT2D eigenvalue weighted by Crippen LogP contribution is -2.50. The molecule has 3 heterocycles. The molecule has 0 amide bonds. The second-order valence-electron chi connectivity index (χ2n) is 6.85. The number of fused-ring (bicyclic) bond motifs is 2. The Morgan fingerprint density at radius 2 is 2.04 bits per heavy atom. The molecule has 0 aliphatic carbocycles. The Labute approximate surface area is 152 Å². The highest BCUT2D eigenvalue weighted by Crippen LogP contribution is 2.45. The smallest absolute Gasteiger partial charge is 0.335 e. The summed E-state index contributed by atoms with van der Waals surface area (Å²) in [6, 6.07) is 12.8. The van der Waals surface area contributed by atoms with Gasteiger partial charge in [0.05, 0.1) is 12.7 Å². The number of nitrogens with zero attached hydrogens (tertiary/aromatic N) is 1. The quantitative estimate of drug-likeness (QED) is 0.790. The predicted molar refractivity (Wildman–Crippen MR) is 97.5 cm³/mol.